The van der Waals surface area contributed by atoms with E-state index in [1.165, 1.54) is 12.8 Å². The van der Waals surface area contributed by atoms with Crippen molar-refractivity contribution in [1.82, 2.24) is 0 Å². The number of sulfone groups is 1. The van der Waals surface area contributed by atoms with Crippen LogP contribution in [0.25, 0.3) is 0 Å². The Kier molecular flexibility index (Phi) is 2.36. The number of halogens is 1. The third-order valence-electron chi connectivity index (χ3n) is 4.77. The van der Waals surface area contributed by atoms with Crippen LogP contribution in [0.15, 0.2) is 12.2 Å². The molecular weight excluding hydrogens is 288 g/mol. The van der Waals surface area contributed by atoms with Gasteiger partial charge in [0.15, 0.2) is 9.84 Å². The quantitative estimate of drug-likeness (QED) is 0.509. The molecule has 3 atom stereocenters. The van der Waals surface area contributed by atoms with Crippen LogP contribution >= 0.6 is 15.9 Å². The maximum atomic E-state index is 12.0. The molecule has 2 aliphatic carbocycles. The molecule has 0 aromatic rings. The molecule has 4 heteroatoms. The maximum absolute atomic E-state index is 12.0. The summed E-state index contributed by atoms with van der Waals surface area (Å²) in [6, 6.07) is 0. The molecule has 2 nitrogen and oxygen atoms in total. The molecule has 0 aromatic carbocycles. The topological polar surface area (TPSA) is 34.1 Å². The summed E-state index contributed by atoms with van der Waals surface area (Å²) >= 11 is 3.63. The number of rotatable bonds is 0. The van der Waals surface area contributed by atoms with Crippen LogP contribution in [0.5, 0.6) is 0 Å². The lowest BCUT2D eigenvalue weighted by Gasteiger charge is -2.50. The highest BCUT2D eigenvalue weighted by Gasteiger charge is 2.61. The molecule has 16 heavy (non-hydrogen) atoms. The third kappa shape index (κ3) is 1.45. The third-order valence-corrected chi connectivity index (χ3v) is 7.34. The van der Waals surface area contributed by atoms with E-state index in [2.05, 4.69) is 28.1 Å². The van der Waals surface area contributed by atoms with Crippen molar-refractivity contribution in [3.63, 3.8) is 0 Å². The van der Waals surface area contributed by atoms with Crippen molar-refractivity contribution in [3.8, 4) is 0 Å². The van der Waals surface area contributed by atoms with Crippen LogP contribution in [-0.2, 0) is 9.84 Å². The molecular formula is C12H17BrO2S. The fraction of sp³-hybridized carbons (Fsp3) is 0.833. The van der Waals surface area contributed by atoms with Crippen LogP contribution in [0.2, 0.25) is 0 Å². The molecule has 1 heterocycles. The van der Waals surface area contributed by atoms with E-state index >= 15 is 0 Å². The number of hydrogen-bond donors (Lipinski definition) is 0. The smallest absolute Gasteiger partial charge is 0.151 e. The van der Waals surface area contributed by atoms with E-state index in [1.54, 1.807) is 0 Å². The van der Waals surface area contributed by atoms with E-state index in [4.69, 9.17) is 0 Å². The largest absolute Gasteiger partial charge is 0.229 e. The van der Waals surface area contributed by atoms with Crippen molar-refractivity contribution in [2.24, 2.45) is 10.8 Å². The molecule has 0 amide bonds. The number of allylic oxidation sites excluding steroid dienone is 2. The molecule has 0 aromatic heterocycles. The van der Waals surface area contributed by atoms with Crippen LogP contribution in [0.1, 0.15) is 32.1 Å². The monoisotopic (exact) mass is 304 g/mol. The van der Waals surface area contributed by atoms with Crippen LogP contribution in [-0.4, -0.2) is 24.8 Å². The van der Waals surface area contributed by atoms with Crippen molar-refractivity contribution in [3.05, 3.63) is 12.2 Å². The average molecular weight is 305 g/mol. The number of alkyl halides is 1. The average Bonchev–Trinajstić information content (AvgIpc) is 2.42. The predicted octanol–water partition coefficient (Wildman–Crippen LogP) is 2.69. The Labute approximate surface area is 106 Å². The van der Waals surface area contributed by atoms with Crippen molar-refractivity contribution >= 4 is 25.8 Å². The first kappa shape index (κ1) is 11.3. The molecule has 0 spiro atoms. The zero-order valence-electron chi connectivity index (χ0n) is 9.28. The molecule has 3 rings (SSSR count). The van der Waals surface area contributed by atoms with Crippen molar-refractivity contribution in [1.29, 1.82) is 0 Å². The SMILES string of the molecule is O=S1(=O)C[C@@]23C=C[C@@H](Br)C[C@@]2(CCCC3)C1. The highest BCUT2D eigenvalue weighted by Crippen LogP contribution is 2.62. The van der Waals surface area contributed by atoms with Crippen molar-refractivity contribution in [2.45, 2.75) is 36.9 Å². The van der Waals surface area contributed by atoms with Gasteiger partial charge in [-0.15, -0.1) is 0 Å². The summed E-state index contributed by atoms with van der Waals surface area (Å²) in [5.41, 5.74) is 0.0291. The van der Waals surface area contributed by atoms with Gasteiger partial charge in [0.1, 0.15) is 0 Å². The second kappa shape index (κ2) is 3.35. The Balaban J connectivity index is 2.13. The minimum atomic E-state index is -2.83. The summed E-state index contributed by atoms with van der Waals surface area (Å²) in [7, 11) is -2.83. The zero-order chi connectivity index (χ0) is 11.4. The van der Waals surface area contributed by atoms with Gasteiger partial charge in [-0.1, -0.05) is 40.9 Å². The van der Waals surface area contributed by atoms with Crippen LogP contribution < -0.4 is 0 Å². The Morgan fingerprint density at radius 3 is 2.75 bits per heavy atom. The van der Waals surface area contributed by atoms with Crippen LogP contribution in [0, 0.1) is 10.8 Å². The fourth-order valence-electron chi connectivity index (χ4n) is 4.13. The molecule has 1 aliphatic heterocycles. The summed E-state index contributed by atoms with van der Waals surface area (Å²) in [5.74, 6) is 0.822. The normalized spacial score (nSPS) is 49.7. The molecule has 1 saturated carbocycles. The van der Waals surface area contributed by atoms with Gasteiger partial charge < -0.3 is 0 Å². The summed E-state index contributed by atoms with van der Waals surface area (Å²) in [6.07, 6.45) is 9.95. The van der Waals surface area contributed by atoms with Gasteiger partial charge in [-0.05, 0) is 24.7 Å². The van der Waals surface area contributed by atoms with Gasteiger partial charge in [0.05, 0.1) is 11.5 Å². The Bertz CT molecular complexity index is 442. The predicted molar refractivity (Wildman–Crippen MR) is 68.5 cm³/mol. The van der Waals surface area contributed by atoms with Gasteiger partial charge >= 0.3 is 0 Å². The molecule has 1 saturated heterocycles. The fourth-order valence-corrected chi connectivity index (χ4v) is 7.72. The Morgan fingerprint density at radius 2 is 1.94 bits per heavy atom. The zero-order valence-corrected chi connectivity index (χ0v) is 11.7. The molecule has 0 N–H and O–H groups in total. The highest BCUT2D eigenvalue weighted by atomic mass is 79.9. The summed E-state index contributed by atoms with van der Waals surface area (Å²) in [5, 5.41) is 0. The second-order valence-electron chi connectivity index (χ2n) is 5.76. The van der Waals surface area contributed by atoms with E-state index in [0.29, 0.717) is 16.3 Å². The van der Waals surface area contributed by atoms with Gasteiger partial charge in [0, 0.05) is 10.2 Å². The van der Waals surface area contributed by atoms with Gasteiger partial charge in [0.25, 0.3) is 0 Å². The Hall–Kier alpha value is 0.170. The van der Waals surface area contributed by atoms with Gasteiger partial charge in [-0.25, -0.2) is 8.42 Å². The first-order valence-electron chi connectivity index (χ1n) is 6.01. The molecule has 0 unspecified atom stereocenters. The van der Waals surface area contributed by atoms with Gasteiger partial charge in [-0.2, -0.15) is 0 Å². The first-order chi connectivity index (χ1) is 7.47. The standard InChI is InChI=1S/C12H17BrO2S/c13-10-3-6-11-4-1-2-5-12(11,7-10)9-16(14,15)8-11/h3,6,10H,1-2,4-5,7-9H2/t10-,11-,12+/m1/s1. The molecule has 90 valence electrons. The molecule has 0 bridgehead atoms. The van der Waals surface area contributed by atoms with E-state index in [1.807, 2.05) is 0 Å². The van der Waals surface area contributed by atoms with Crippen LogP contribution in [0.3, 0.4) is 0 Å². The van der Waals surface area contributed by atoms with Crippen molar-refractivity contribution in [2.75, 3.05) is 11.5 Å². The first-order valence-corrected chi connectivity index (χ1v) is 8.75. The second-order valence-corrected chi connectivity index (χ2v) is 9.00. The van der Waals surface area contributed by atoms with Crippen LogP contribution in [0.4, 0.5) is 0 Å². The Morgan fingerprint density at radius 1 is 1.19 bits per heavy atom. The molecule has 2 fully saturated rings. The van der Waals surface area contributed by atoms with E-state index in [9.17, 15) is 8.42 Å². The minimum absolute atomic E-state index is 0.0195. The van der Waals surface area contributed by atoms with Crippen molar-refractivity contribution < 1.29 is 8.42 Å². The molecule has 3 aliphatic rings. The lowest BCUT2D eigenvalue weighted by Crippen LogP contribution is -2.46. The summed E-state index contributed by atoms with van der Waals surface area (Å²) in [4.78, 5) is 0.368. The van der Waals surface area contributed by atoms with E-state index in [0.717, 1.165) is 19.3 Å². The molecule has 0 radical (unpaired) electrons. The van der Waals surface area contributed by atoms with Gasteiger partial charge in [-0.3, -0.25) is 0 Å². The lowest BCUT2D eigenvalue weighted by molar-refractivity contribution is 0.0667. The minimum Gasteiger partial charge on any atom is -0.229 e. The van der Waals surface area contributed by atoms with Gasteiger partial charge in [0.2, 0.25) is 0 Å². The maximum Gasteiger partial charge on any atom is 0.151 e. The van der Waals surface area contributed by atoms with E-state index in [-0.39, 0.29) is 10.8 Å². The summed E-state index contributed by atoms with van der Waals surface area (Å²) in [6.45, 7) is 0. The number of hydrogen-bond acceptors (Lipinski definition) is 2. The summed E-state index contributed by atoms with van der Waals surface area (Å²) < 4.78 is 24.0. The highest BCUT2D eigenvalue weighted by molar-refractivity contribution is 9.09. The van der Waals surface area contributed by atoms with E-state index < -0.39 is 9.84 Å². The lowest BCUT2D eigenvalue weighted by atomic mass is 9.54.